The molecule has 0 radical (unpaired) electrons. The van der Waals surface area contributed by atoms with E-state index in [0.717, 1.165) is 45.4 Å². The van der Waals surface area contributed by atoms with Gasteiger partial charge in [-0.05, 0) is 44.4 Å². The zero-order valence-electron chi connectivity index (χ0n) is 13.4. The second-order valence-corrected chi connectivity index (χ2v) is 6.99. The summed E-state index contributed by atoms with van der Waals surface area (Å²) in [5, 5.41) is 3.58. The highest BCUT2D eigenvalue weighted by Gasteiger charge is 2.46. The lowest BCUT2D eigenvalue weighted by atomic mass is 9.97. The molecule has 2 saturated heterocycles. The van der Waals surface area contributed by atoms with Gasteiger partial charge in [-0.25, -0.2) is 0 Å². The van der Waals surface area contributed by atoms with E-state index in [0.29, 0.717) is 11.8 Å². The third-order valence-electron chi connectivity index (χ3n) is 4.79. The minimum atomic E-state index is -0.370. The van der Waals surface area contributed by atoms with Crippen LogP contribution >= 0.6 is 0 Å². The van der Waals surface area contributed by atoms with Crippen LogP contribution in [0, 0.1) is 11.8 Å². The Balaban J connectivity index is 2.06. The number of hydrogen-bond acceptors (Lipinski definition) is 3. The molecule has 0 aromatic rings. The van der Waals surface area contributed by atoms with Gasteiger partial charge in [0.15, 0.2) is 0 Å². The molecule has 1 N–H and O–H groups in total. The van der Waals surface area contributed by atoms with E-state index in [-0.39, 0.29) is 17.6 Å². The minimum Gasteiger partial charge on any atom is -0.381 e. The third kappa shape index (κ3) is 3.34. The number of nitrogens with one attached hydrogen (secondary N) is 1. The Morgan fingerprint density at radius 1 is 1.40 bits per heavy atom. The van der Waals surface area contributed by atoms with Crippen LogP contribution in [0.15, 0.2) is 0 Å². The maximum atomic E-state index is 12.8. The fourth-order valence-corrected chi connectivity index (χ4v) is 3.27. The van der Waals surface area contributed by atoms with E-state index in [9.17, 15) is 4.79 Å². The summed E-state index contributed by atoms with van der Waals surface area (Å²) in [6.45, 7) is 11.2. The fourth-order valence-electron chi connectivity index (χ4n) is 3.27. The molecule has 1 amide bonds. The molecule has 2 aliphatic rings. The zero-order chi connectivity index (χ0) is 14.8. The first kappa shape index (κ1) is 15.8. The van der Waals surface area contributed by atoms with Crippen LogP contribution in [0.3, 0.4) is 0 Å². The first-order valence-electron chi connectivity index (χ1n) is 8.12. The molecule has 0 spiro atoms. The Labute approximate surface area is 123 Å². The highest BCUT2D eigenvalue weighted by Crippen LogP contribution is 2.29. The van der Waals surface area contributed by atoms with Crippen molar-refractivity contribution in [1.82, 2.24) is 10.2 Å². The summed E-state index contributed by atoms with van der Waals surface area (Å²) in [6.07, 6.45) is 4.26. The van der Waals surface area contributed by atoms with Crippen LogP contribution in [0.2, 0.25) is 0 Å². The average molecular weight is 282 g/mol. The molecule has 0 aromatic carbocycles. The molecular formula is C16H30N2O2. The first-order valence-corrected chi connectivity index (χ1v) is 8.12. The average Bonchev–Trinajstić information content (AvgIpc) is 2.65. The lowest BCUT2D eigenvalue weighted by Crippen LogP contribution is -2.44. The number of ether oxygens (including phenoxy) is 1. The Hall–Kier alpha value is -0.610. The molecule has 20 heavy (non-hydrogen) atoms. The van der Waals surface area contributed by atoms with Crippen molar-refractivity contribution in [2.24, 2.45) is 11.8 Å². The van der Waals surface area contributed by atoms with E-state index in [4.69, 9.17) is 4.74 Å². The first-order chi connectivity index (χ1) is 9.46. The number of carbonyl (C=O) groups is 1. The van der Waals surface area contributed by atoms with Crippen molar-refractivity contribution in [3.8, 4) is 0 Å². The molecule has 4 heteroatoms. The van der Waals surface area contributed by atoms with Crippen molar-refractivity contribution in [3.63, 3.8) is 0 Å². The van der Waals surface area contributed by atoms with Gasteiger partial charge in [-0.1, -0.05) is 20.8 Å². The molecule has 2 aliphatic heterocycles. The zero-order valence-corrected chi connectivity index (χ0v) is 13.4. The van der Waals surface area contributed by atoms with Crippen LogP contribution in [-0.4, -0.2) is 42.3 Å². The Bertz CT molecular complexity index is 339. The number of carbonyl (C=O) groups excluding carboxylic acids is 1. The molecule has 0 aliphatic carbocycles. The monoisotopic (exact) mass is 282 g/mol. The Morgan fingerprint density at radius 3 is 2.60 bits per heavy atom. The van der Waals surface area contributed by atoms with Gasteiger partial charge in [0, 0.05) is 19.8 Å². The predicted molar refractivity (Wildman–Crippen MR) is 80.3 cm³/mol. The summed E-state index contributed by atoms with van der Waals surface area (Å²) >= 11 is 0. The summed E-state index contributed by atoms with van der Waals surface area (Å²) in [7, 11) is 0. The molecule has 2 heterocycles. The number of hydrogen-bond donors (Lipinski definition) is 1. The number of rotatable bonds is 5. The van der Waals surface area contributed by atoms with Crippen molar-refractivity contribution in [2.75, 3.05) is 19.8 Å². The standard InChI is InChI=1S/C16H30N2O2/c1-5-16(4)15(19)18(14(17-16)10-12(2)3)11-13-6-8-20-9-7-13/h12-14,17H,5-11H2,1-4H3. The SMILES string of the molecule is CCC1(C)NC(CC(C)C)N(CC2CCOCC2)C1=O. The van der Waals surface area contributed by atoms with Crippen LogP contribution in [0.4, 0.5) is 0 Å². The lowest BCUT2D eigenvalue weighted by Gasteiger charge is -2.31. The van der Waals surface area contributed by atoms with E-state index < -0.39 is 0 Å². The van der Waals surface area contributed by atoms with Crippen molar-refractivity contribution in [2.45, 2.75) is 65.1 Å². The largest absolute Gasteiger partial charge is 0.381 e. The summed E-state index contributed by atoms with van der Waals surface area (Å²) < 4.78 is 5.43. The molecule has 0 bridgehead atoms. The quantitative estimate of drug-likeness (QED) is 0.842. The normalized spacial score (nSPS) is 32.4. The molecule has 4 nitrogen and oxygen atoms in total. The highest BCUT2D eigenvalue weighted by molar-refractivity contribution is 5.88. The topological polar surface area (TPSA) is 41.6 Å². The van der Waals surface area contributed by atoms with E-state index in [1.807, 2.05) is 6.92 Å². The second-order valence-electron chi connectivity index (χ2n) is 6.99. The van der Waals surface area contributed by atoms with Gasteiger partial charge in [0.25, 0.3) is 0 Å². The maximum absolute atomic E-state index is 12.8. The van der Waals surface area contributed by atoms with Crippen molar-refractivity contribution in [1.29, 1.82) is 0 Å². The molecule has 2 atom stereocenters. The van der Waals surface area contributed by atoms with Crippen molar-refractivity contribution >= 4 is 5.91 Å². The van der Waals surface area contributed by atoms with Crippen molar-refractivity contribution < 1.29 is 9.53 Å². The second kappa shape index (κ2) is 6.44. The Morgan fingerprint density at radius 2 is 2.05 bits per heavy atom. The third-order valence-corrected chi connectivity index (χ3v) is 4.79. The van der Waals surface area contributed by atoms with E-state index in [1.165, 1.54) is 0 Å². The number of nitrogens with zero attached hydrogens (tertiary/aromatic N) is 1. The molecule has 2 unspecified atom stereocenters. The van der Waals surface area contributed by atoms with Gasteiger partial charge >= 0.3 is 0 Å². The van der Waals surface area contributed by atoms with Gasteiger partial charge in [0.2, 0.25) is 5.91 Å². The van der Waals surface area contributed by atoms with Crippen LogP contribution in [0.1, 0.15) is 53.4 Å². The highest BCUT2D eigenvalue weighted by atomic mass is 16.5. The Kier molecular flexibility index (Phi) is 5.08. The summed E-state index contributed by atoms with van der Waals surface area (Å²) in [5.41, 5.74) is -0.370. The van der Waals surface area contributed by atoms with Gasteiger partial charge in [-0.2, -0.15) is 0 Å². The minimum absolute atomic E-state index is 0.204. The molecule has 2 rings (SSSR count). The predicted octanol–water partition coefficient (Wildman–Crippen LogP) is 2.39. The summed E-state index contributed by atoms with van der Waals surface area (Å²) in [4.78, 5) is 14.9. The summed E-state index contributed by atoms with van der Waals surface area (Å²) in [6, 6.07) is 0. The van der Waals surface area contributed by atoms with Gasteiger partial charge < -0.3 is 9.64 Å². The summed E-state index contributed by atoms with van der Waals surface area (Å²) in [5.74, 6) is 1.48. The smallest absolute Gasteiger partial charge is 0.243 e. The lowest BCUT2D eigenvalue weighted by molar-refractivity contribution is -0.134. The van der Waals surface area contributed by atoms with Gasteiger partial charge in [-0.15, -0.1) is 0 Å². The molecule has 2 fully saturated rings. The fraction of sp³-hybridized carbons (Fsp3) is 0.938. The van der Waals surface area contributed by atoms with E-state index in [2.05, 4.69) is 31.0 Å². The number of amides is 1. The van der Waals surface area contributed by atoms with E-state index >= 15 is 0 Å². The van der Waals surface area contributed by atoms with Crippen LogP contribution < -0.4 is 5.32 Å². The van der Waals surface area contributed by atoms with Gasteiger partial charge in [0.05, 0.1) is 11.7 Å². The van der Waals surface area contributed by atoms with Crippen LogP contribution in [0.25, 0.3) is 0 Å². The van der Waals surface area contributed by atoms with Crippen LogP contribution in [0.5, 0.6) is 0 Å². The molecular weight excluding hydrogens is 252 g/mol. The molecule has 116 valence electrons. The van der Waals surface area contributed by atoms with Crippen LogP contribution in [-0.2, 0) is 9.53 Å². The maximum Gasteiger partial charge on any atom is 0.243 e. The van der Waals surface area contributed by atoms with Gasteiger partial charge in [-0.3, -0.25) is 10.1 Å². The van der Waals surface area contributed by atoms with Crippen molar-refractivity contribution in [3.05, 3.63) is 0 Å². The van der Waals surface area contributed by atoms with E-state index in [1.54, 1.807) is 0 Å². The van der Waals surface area contributed by atoms with Gasteiger partial charge in [0.1, 0.15) is 0 Å². The molecule has 0 aromatic heterocycles. The molecule has 0 saturated carbocycles.